The average molecular weight is 386 g/mol. The molecule has 3 atom stereocenters. The molecule has 1 spiro atoms. The van der Waals surface area contributed by atoms with E-state index in [4.69, 9.17) is 36.5 Å². The summed E-state index contributed by atoms with van der Waals surface area (Å²) in [7, 11) is 0. The fourth-order valence-corrected chi connectivity index (χ4v) is 4.67. The standard InChI is InChI=1S/C20H20ClN3O3/c1-19-4-5-25-10-17(19)20(11-26-18(22)24-20)15-7-12(2-3-16(15)27-19)13-6-14(21)9-23-8-13/h2-3,6-9,17H,4-5,10-11H2,1H3,(H2,22,24)/t17-,19?,20-/m0/s1. The summed E-state index contributed by atoms with van der Waals surface area (Å²) in [4.78, 5) is 8.97. The lowest BCUT2D eigenvalue weighted by atomic mass is 9.66. The molecule has 0 aliphatic carbocycles. The van der Waals surface area contributed by atoms with Crippen LogP contribution < -0.4 is 10.5 Å². The minimum absolute atomic E-state index is 0.0139. The Morgan fingerprint density at radius 3 is 2.89 bits per heavy atom. The Morgan fingerprint density at radius 1 is 1.22 bits per heavy atom. The predicted molar refractivity (Wildman–Crippen MR) is 102 cm³/mol. The van der Waals surface area contributed by atoms with E-state index in [9.17, 15) is 0 Å². The van der Waals surface area contributed by atoms with Crippen LogP contribution in [0.2, 0.25) is 5.02 Å². The van der Waals surface area contributed by atoms with Crippen molar-refractivity contribution in [3.05, 3.63) is 47.2 Å². The third-order valence-electron chi connectivity index (χ3n) is 5.92. The summed E-state index contributed by atoms with van der Waals surface area (Å²) in [6.45, 7) is 3.74. The number of aliphatic imine (C=N–C) groups is 1. The van der Waals surface area contributed by atoms with Gasteiger partial charge in [-0.05, 0) is 30.7 Å². The number of hydrogen-bond donors (Lipinski definition) is 1. The molecule has 3 aliphatic heterocycles. The summed E-state index contributed by atoms with van der Waals surface area (Å²) in [5.41, 5.74) is 7.85. The highest BCUT2D eigenvalue weighted by Crippen LogP contribution is 2.54. The molecule has 1 fully saturated rings. The minimum atomic E-state index is -0.616. The summed E-state index contributed by atoms with van der Waals surface area (Å²) in [6.07, 6.45) is 4.21. The van der Waals surface area contributed by atoms with Gasteiger partial charge in [-0.2, -0.15) is 0 Å². The van der Waals surface area contributed by atoms with Crippen LogP contribution in [0.25, 0.3) is 11.1 Å². The van der Waals surface area contributed by atoms with E-state index in [-0.39, 0.29) is 17.5 Å². The Bertz CT molecular complexity index is 950. The van der Waals surface area contributed by atoms with Gasteiger partial charge in [0.15, 0.2) is 0 Å². The third-order valence-corrected chi connectivity index (χ3v) is 6.12. The SMILES string of the molecule is CC12CCOC[C@@H]1[C@]1(COC(N)=N1)c1cc(-c3cncc(Cl)c3)ccc1O2. The maximum atomic E-state index is 6.47. The number of aromatic nitrogens is 1. The number of nitrogens with zero attached hydrogens (tertiary/aromatic N) is 2. The molecule has 1 unspecified atom stereocenters. The molecular weight excluding hydrogens is 366 g/mol. The van der Waals surface area contributed by atoms with Gasteiger partial charge in [0.05, 0.1) is 24.2 Å². The maximum Gasteiger partial charge on any atom is 0.283 e. The smallest absolute Gasteiger partial charge is 0.283 e. The molecule has 140 valence electrons. The molecule has 1 aromatic heterocycles. The monoisotopic (exact) mass is 385 g/mol. The molecule has 0 saturated carbocycles. The lowest BCUT2D eigenvalue weighted by Crippen LogP contribution is -2.59. The van der Waals surface area contributed by atoms with Gasteiger partial charge in [0, 0.05) is 29.9 Å². The van der Waals surface area contributed by atoms with Gasteiger partial charge in [-0.3, -0.25) is 4.98 Å². The number of fused-ring (bicyclic) bond motifs is 4. The van der Waals surface area contributed by atoms with Gasteiger partial charge >= 0.3 is 0 Å². The minimum Gasteiger partial charge on any atom is -0.487 e. The predicted octanol–water partition coefficient (Wildman–Crippen LogP) is 3.13. The average Bonchev–Trinajstić information content (AvgIpc) is 3.04. The number of amidine groups is 1. The highest BCUT2D eigenvalue weighted by atomic mass is 35.5. The van der Waals surface area contributed by atoms with Crippen molar-refractivity contribution in [3.8, 4) is 16.9 Å². The Kier molecular flexibility index (Phi) is 3.64. The van der Waals surface area contributed by atoms with E-state index in [1.54, 1.807) is 12.4 Å². The number of hydrogen-bond acceptors (Lipinski definition) is 6. The van der Waals surface area contributed by atoms with Gasteiger partial charge in [-0.25, -0.2) is 4.99 Å². The lowest BCUT2D eigenvalue weighted by molar-refractivity contribution is -0.129. The number of halogens is 1. The molecule has 0 radical (unpaired) electrons. The van der Waals surface area contributed by atoms with Crippen molar-refractivity contribution in [1.29, 1.82) is 0 Å². The molecular formula is C20H20ClN3O3. The van der Waals surface area contributed by atoms with Crippen LogP contribution >= 0.6 is 11.6 Å². The van der Waals surface area contributed by atoms with E-state index in [0.717, 1.165) is 28.9 Å². The topological polar surface area (TPSA) is 79.0 Å². The molecule has 7 heteroatoms. The van der Waals surface area contributed by atoms with Crippen molar-refractivity contribution in [2.75, 3.05) is 19.8 Å². The summed E-state index contributed by atoms with van der Waals surface area (Å²) >= 11 is 6.13. The van der Waals surface area contributed by atoms with Gasteiger partial charge < -0.3 is 19.9 Å². The van der Waals surface area contributed by atoms with Crippen LogP contribution in [0.4, 0.5) is 0 Å². The molecule has 1 saturated heterocycles. The van der Waals surface area contributed by atoms with Crippen molar-refractivity contribution in [3.63, 3.8) is 0 Å². The molecule has 4 heterocycles. The van der Waals surface area contributed by atoms with E-state index in [2.05, 4.69) is 18.0 Å². The first kappa shape index (κ1) is 16.8. The fraction of sp³-hybridized carbons (Fsp3) is 0.400. The Balaban J connectivity index is 1.70. The number of benzene rings is 1. The van der Waals surface area contributed by atoms with Gasteiger partial charge in [-0.15, -0.1) is 0 Å². The van der Waals surface area contributed by atoms with Crippen LogP contribution in [-0.2, 0) is 15.0 Å². The summed E-state index contributed by atoms with van der Waals surface area (Å²) in [6, 6.07) is 8.21. The van der Waals surface area contributed by atoms with Crippen molar-refractivity contribution < 1.29 is 14.2 Å². The molecule has 0 amide bonds. The Morgan fingerprint density at radius 2 is 2.11 bits per heavy atom. The van der Waals surface area contributed by atoms with Crippen molar-refractivity contribution in [1.82, 2.24) is 4.98 Å². The number of rotatable bonds is 1. The van der Waals surface area contributed by atoms with E-state index in [0.29, 0.717) is 24.8 Å². The van der Waals surface area contributed by atoms with Gasteiger partial charge in [-0.1, -0.05) is 17.7 Å². The molecule has 3 aliphatic rings. The number of ether oxygens (including phenoxy) is 3. The molecule has 0 bridgehead atoms. The highest BCUT2D eigenvalue weighted by Gasteiger charge is 2.59. The van der Waals surface area contributed by atoms with Crippen LogP contribution in [-0.4, -0.2) is 36.4 Å². The van der Waals surface area contributed by atoms with Gasteiger partial charge in [0.25, 0.3) is 6.02 Å². The van der Waals surface area contributed by atoms with E-state index in [1.807, 2.05) is 18.2 Å². The number of nitrogens with two attached hydrogens (primary N) is 1. The summed E-state index contributed by atoms with van der Waals surface area (Å²) < 4.78 is 17.9. The van der Waals surface area contributed by atoms with Crippen LogP contribution in [0.1, 0.15) is 18.9 Å². The zero-order chi connectivity index (χ0) is 18.6. The quantitative estimate of drug-likeness (QED) is 0.815. The number of pyridine rings is 1. The van der Waals surface area contributed by atoms with E-state index in [1.165, 1.54) is 0 Å². The van der Waals surface area contributed by atoms with E-state index >= 15 is 0 Å². The van der Waals surface area contributed by atoms with Crippen LogP contribution in [0.3, 0.4) is 0 Å². The summed E-state index contributed by atoms with van der Waals surface area (Å²) in [5.74, 6) is 0.830. The molecule has 2 N–H and O–H groups in total. The second-order valence-electron chi connectivity index (χ2n) is 7.56. The van der Waals surface area contributed by atoms with Crippen molar-refractivity contribution >= 4 is 17.6 Å². The van der Waals surface area contributed by atoms with Gasteiger partial charge in [0.1, 0.15) is 23.5 Å². The first-order chi connectivity index (χ1) is 13.0. The summed E-state index contributed by atoms with van der Waals surface area (Å²) in [5, 5.41) is 0.593. The Hall–Kier alpha value is -2.31. The normalized spacial score (nSPS) is 31.5. The van der Waals surface area contributed by atoms with Crippen molar-refractivity contribution in [2.45, 2.75) is 24.5 Å². The highest BCUT2D eigenvalue weighted by molar-refractivity contribution is 6.30. The molecule has 1 aromatic carbocycles. The molecule has 27 heavy (non-hydrogen) atoms. The van der Waals surface area contributed by atoms with E-state index < -0.39 is 5.54 Å². The lowest BCUT2D eigenvalue weighted by Gasteiger charge is -2.52. The van der Waals surface area contributed by atoms with Crippen LogP contribution in [0.15, 0.2) is 41.7 Å². The van der Waals surface area contributed by atoms with Crippen LogP contribution in [0.5, 0.6) is 5.75 Å². The van der Waals surface area contributed by atoms with Crippen LogP contribution in [0, 0.1) is 5.92 Å². The molecule has 2 aromatic rings. The zero-order valence-corrected chi connectivity index (χ0v) is 15.7. The first-order valence-electron chi connectivity index (χ1n) is 9.01. The van der Waals surface area contributed by atoms with Crippen molar-refractivity contribution in [2.24, 2.45) is 16.6 Å². The second-order valence-corrected chi connectivity index (χ2v) is 7.99. The second kappa shape index (κ2) is 5.84. The Labute approximate surface area is 162 Å². The molecule has 5 rings (SSSR count). The largest absolute Gasteiger partial charge is 0.487 e. The third kappa shape index (κ3) is 2.51. The fourth-order valence-electron chi connectivity index (χ4n) is 4.50. The molecule has 6 nitrogen and oxygen atoms in total. The maximum absolute atomic E-state index is 6.47. The van der Waals surface area contributed by atoms with Gasteiger partial charge in [0.2, 0.25) is 0 Å². The zero-order valence-electron chi connectivity index (χ0n) is 14.9. The first-order valence-corrected chi connectivity index (χ1v) is 9.38.